The van der Waals surface area contributed by atoms with Gasteiger partial charge in [0.05, 0.1) is 0 Å². The molecule has 0 aromatic carbocycles. The van der Waals surface area contributed by atoms with Crippen molar-refractivity contribution in [1.29, 1.82) is 0 Å². The predicted molar refractivity (Wildman–Crippen MR) is 117 cm³/mol. The van der Waals surface area contributed by atoms with Crippen LogP contribution in [0.3, 0.4) is 0 Å². The smallest absolute Gasteiger partial charge is 0.326 e. The number of amides is 1. The Morgan fingerprint density at radius 2 is 1.77 bits per heavy atom. The SMILES string of the molecule is CCCCCP(=O)(CC(=O)N1CC(C2CCCCC2)CC1C(=O)O)OCOC(=O)CC. The number of unbranched alkanes of at least 4 members (excludes halogenated alkanes) is 2. The van der Waals surface area contributed by atoms with Crippen molar-refractivity contribution in [1.82, 2.24) is 4.90 Å². The number of likely N-dealkylation sites (tertiary alicyclic amines) is 1. The standard InChI is InChI=1S/C22H38NO7P/c1-3-5-9-12-31(28,30-16-29-21(25)4-2)15-20(24)23-14-18(13-19(23)22(26)27)17-10-7-6-8-11-17/h17-19H,3-16H2,1-2H3,(H,26,27). The number of carboxylic acid groups (broad SMARTS) is 1. The molecule has 1 aliphatic carbocycles. The van der Waals surface area contributed by atoms with E-state index in [1.807, 2.05) is 6.92 Å². The number of carbonyl (C=O) groups excluding carboxylic acids is 2. The molecule has 1 saturated heterocycles. The summed E-state index contributed by atoms with van der Waals surface area (Å²) in [6.07, 6.45) is 8.62. The van der Waals surface area contributed by atoms with Crippen LogP contribution in [0.25, 0.3) is 0 Å². The van der Waals surface area contributed by atoms with Gasteiger partial charge in [0, 0.05) is 19.1 Å². The lowest BCUT2D eigenvalue weighted by Crippen LogP contribution is -2.42. The minimum Gasteiger partial charge on any atom is -0.480 e. The molecule has 1 N–H and O–H groups in total. The third-order valence-corrected chi connectivity index (χ3v) is 8.86. The van der Waals surface area contributed by atoms with E-state index in [1.54, 1.807) is 6.92 Å². The summed E-state index contributed by atoms with van der Waals surface area (Å²) >= 11 is 0. The molecule has 8 nitrogen and oxygen atoms in total. The van der Waals surface area contributed by atoms with Crippen LogP contribution in [0, 0.1) is 11.8 Å². The zero-order valence-electron chi connectivity index (χ0n) is 18.9. The first-order valence-corrected chi connectivity index (χ1v) is 13.7. The van der Waals surface area contributed by atoms with Gasteiger partial charge < -0.3 is 14.7 Å². The van der Waals surface area contributed by atoms with Gasteiger partial charge in [-0.05, 0) is 24.7 Å². The fourth-order valence-corrected chi connectivity index (χ4v) is 6.63. The molecule has 31 heavy (non-hydrogen) atoms. The zero-order valence-corrected chi connectivity index (χ0v) is 19.8. The number of esters is 1. The number of nitrogens with zero attached hydrogens (tertiary/aromatic N) is 1. The van der Waals surface area contributed by atoms with Crippen LogP contribution in [0.4, 0.5) is 0 Å². The Kier molecular flexibility index (Phi) is 10.5. The molecule has 0 aromatic rings. The Balaban J connectivity index is 2.04. The number of aliphatic carboxylic acids is 1. The van der Waals surface area contributed by atoms with E-state index in [0.717, 1.165) is 38.5 Å². The average molecular weight is 460 g/mol. The van der Waals surface area contributed by atoms with Gasteiger partial charge in [-0.3, -0.25) is 18.7 Å². The third-order valence-electron chi connectivity index (χ3n) is 6.53. The van der Waals surface area contributed by atoms with Gasteiger partial charge in [0.1, 0.15) is 12.2 Å². The second kappa shape index (κ2) is 12.6. The molecule has 2 aliphatic rings. The van der Waals surface area contributed by atoms with Crippen LogP contribution in [0.2, 0.25) is 0 Å². The van der Waals surface area contributed by atoms with Crippen LogP contribution in [-0.4, -0.2) is 59.6 Å². The topological polar surface area (TPSA) is 110 Å². The summed E-state index contributed by atoms with van der Waals surface area (Å²) in [5.41, 5.74) is 0. The molecule has 1 aliphatic heterocycles. The molecule has 1 heterocycles. The number of rotatable bonds is 12. The van der Waals surface area contributed by atoms with Gasteiger partial charge >= 0.3 is 11.9 Å². The van der Waals surface area contributed by atoms with Gasteiger partial charge in [0.15, 0.2) is 6.79 Å². The Morgan fingerprint density at radius 1 is 1.06 bits per heavy atom. The maximum atomic E-state index is 13.4. The lowest BCUT2D eigenvalue weighted by molar-refractivity contribution is -0.150. The lowest BCUT2D eigenvalue weighted by Gasteiger charge is -2.28. The molecule has 2 rings (SSSR count). The summed E-state index contributed by atoms with van der Waals surface area (Å²) in [4.78, 5) is 37.7. The molecule has 2 fully saturated rings. The van der Waals surface area contributed by atoms with Crippen LogP contribution >= 0.6 is 7.37 Å². The first-order valence-electron chi connectivity index (χ1n) is 11.7. The van der Waals surface area contributed by atoms with Gasteiger partial charge in [-0.1, -0.05) is 58.8 Å². The molecule has 0 aromatic heterocycles. The Bertz CT molecular complexity index is 662. The molecule has 1 amide bonds. The molecule has 178 valence electrons. The molecule has 3 atom stereocenters. The summed E-state index contributed by atoms with van der Waals surface area (Å²) in [6.45, 7) is 3.62. The van der Waals surface area contributed by atoms with Crippen molar-refractivity contribution >= 4 is 25.2 Å². The van der Waals surface area contributed by atoms with Gasteiger partial charge in [0.2, 0.25) is 13.3 Å². The normalized spacial score (nSPS) is 24.0. The maximum Gasteiger partial charge on any atom is 0.326 e. The monoisotopic (exact) mass is 459 g/mol. The fraction of sp³-hybridized carbons (Fsp3) is 0.864. The summed E-state index contributed by atoms with van der Waals surface area (Å²) < 4.78 is 23.7. The minimum absolute atomic E-state index is 0.177. The lowest BCUT2D eigenvalue weighted by atomic mass is 9.79. The number of hydrogen-bond donors (Lipinski definition) is 1. The number of hydrogen-bond acceptors (Lipinski definition) is 6. The minimum atomic E-state index is -3.39. The van der Waals surface area contributed by atoms with Crippen molar-refractivity contribution in [2.75, 3.05) is 25.7 Å². The number of carbonyl (C=O) groups is 3. The first kappa shape index (κ1) is 25.9. The first-order chi connectivity index (χ1) is 14.8. The van der Waals surface area contributed by atoms with E-state index in [2.05, 4.69) is 0 Å². The molecular weight excluding hydrogens is 421 g/mol. The summed E-state index contributed by atoms with van der Waals surface area (Å²) in [7, 11) is -3.39. The van der Waals surface area contributed by atoms with Gasteiger partial charge in [0.25, 0.3) is 0 Å². The summed E-state index contributed by atoms with van der Waals surface area (Å²) in [6, 6.07) is -0.874. The van der Waals surface area contributed by atoms with Crippen molar-refractivity contribution in [3.8, 4) is 0 Å². The highest BCUT2D eigenvalue weighted by Crippen LogP contribution is 2.48. The average Bonchev–Trinajstić information content (AvgIpc) is 3.20. The Labute approximate surface area is 185 Å². The number of carboxylic acids is 1. The second-order valence-corrected chi connectivity index (χ2v) is 11.5. The molecule has 1 saturated carbocycles. The highest BCUT2D eigenvalue weighted by molar-refractivity contribution is 7.59. The van der Waals surface area contributed by atoms with E-state index in [9.17, 15) is 24.1 Å². The highest BCUT2D eigenvalue weighted by Gasteiger charge is 2.44. The van der Waals surface area contributed by atoms with Gasteiger partial charge in [-0.2, -0.15) is 0 Å². The van der Waals surface area contributed by atoms with Crippen LogP contribution in [-0.2, 0) is 28.2 Å². The van der Waals surface area contributed by atoms with Crippen molar-refractivity contribution in [3.05, 3.63) is 0 Å². The summed E-state index contributed by atoms with van der Waals surface area (Å²) in [5.74, 6) is -1.28. The van der Waals surface area contributed by atoms with Gasteiger partial charge in [-0.25, -0.2) is 4.79 Å². The van der Waals surface area contributed by atoms with E-state index in [1.165, 1.54) is 11.3 Å². The molecule has 0 spiro atoms. The van der Waals surface area contributed by atoms with E-state index in [-0.39, 0.29) is 24.7 Å². The largest absolute Gasteiger partial charge is 0.480 e. The third kappa shape index (κ3) is 7.90. The molecule has 0 radical (unpaired) electrons. The fourth-order valence-electron chi connectivity index (χ4n) is 4.70. The van der Waals surface area contributed by atoms with Crippen molar-refractivity contribution < 1.29 is 33.3 Å². The zero-order chi connectivity index (χ0) is 22.9. The Morgan fingerprint density at radius 3 is 2.39 bits per heavy atom. The quantitative estimate of drug-likeness (QED) is 0.201. The second-order valence-electron chi connectivity index (χ2n) is 8.81. The molecular formula is C22H38NO7P. The Hall–Kier alpha value is -1.40. The van der Waals surface area contributed by atoms with E-state index >= 15 is 0 Å². The summed E-state index contributed by atoms with van der Waals surface area (Å²) in [5, 5.41) is 9.70. The van der Waals surface area contributed by atoms with Crippen LogP contribution in [0.1, 0.15) is 78.1 Å². The molecule has 0 bridgehead atoms. The number of ether oxygens (including phenoxy) is 1. The van der Waals surface area contributed by atoms with Gasteiger partial charge in [-0.15, -0.1) is 0 Å². The van der Waals surface area contributed by atoms with Crippen LogP contribution < -0.4 is 0 Å². The molecule has 3 unspecified atom stereocenters. The molecule has 9 heteroatoms. The highest BCUT2D eigenvalue weighted by atomic mass is 31.2. The van der Waals surface area contributed by atoms with Crippen molar-refractivity contribution in [2.24, 2.45) is 11.8 Å². The van der Waals surface area contributed by atoms with Crippen LogP contribution in [0.5, 0.6) is 0 Å². The van der Waals surface area contributed by atoms with Crippen molar-refractivity contribution in [3.63, 3.8) is 0 Å². The van der Waals surface area contributed by atoms with Crippen molar-refractivity contribution in [2.45, 2.75) is 84.1 Å². The maximum absolute atomic E-state index is 13.4. The van der Waals surface area contributed by atoms with E-state index in [0.29, 0.717) is 25.3 Å². The van der Waals surface area contributed by atoms with E-state index < -0.39 is 38.0 Å². The van der Waals surface area contributed by atoms with E-state index in [4.69, 9.17) is 9.26 Å². The van der Waals surface area contributed by atoms with Crippen LogP contribution in [0.15, 0.2) is 0 Å². The predicted octanol–water partition coefficient (Wildman–Crippen LogP) is 4.26.